The van der Waals surface area contributed by atoms with E-state index in [0.717, 1.165) is 71.0 Å². The van der Waals surface area contributed by atoms with E-state index in [1.165, 1.54) is 14.2 Å². The van der Waals surface area contributed by atoms with Gasteiger partial charge in [-0.3, -0.25) is 9.59 Å². The molecule has 4 heterocycles. The van der Waals surface area contributed by atoms with Crippen LogP contribution in [-0.2, 0) is 19.1 Å². The molecule has 2 saturated heterocycles. The van der Waals surface area contributed by atoms with Gasteiger partial charge in [-0.2, -0.15) is 0 Å². The van der Waals surface area contributed by atoms with E-state index in [0.29, 0.717) is 11.8 Å². The largest absolute Gasteiger partial charge is 0.453 e. The molecule has 8 atom stereocenters. The van der Waals surface area contributed by atoms with Crippen LogP contribution in [0, 0.1) is 11.8 Å². The molecule has 4 N–H and O–H groups in total. The summed E-state index contributed by atoms with van der Waals surface area (Å²) in [6.45, 7) is 3.35. The predicted molar refractivity (Wildman–Crippen MR) is 189 cm³/mol. The molecular weight excluding hydrogens is 664 g/mol. The first-order chi connectivity index (χ1) is 25.1. The number of amides is 4. The van der Waals surface area contributed by atoms with Crippen molar-refractivity contribution >= 4 is 24.0 Å². The van der Waals surface area contributed by atoms with Crippen molar-refractivity contribution < 1.29 is 28.7 Å². The third-order valence-corrected chi connectivity index (χ3v) is 11.0. The Labute approximate surface area is 300 Å². The lowest BCUT2D eigenvalue weighted by atomic mass is 10.0. The van der Waals surface area contributed by atoms with Crippen LogP contribution in [-0.4, -0.2) is 92.1 Å². The number of imidazole rings is 2. The molecule has 52 heavy (non-hydrogen) atoms. The molecule has 4 fully saturated rings. The smallest absolute Gasteiger partial charge is 0.407 e. The van der Waals surface area contributed by atoms with Crippen LogP contribution in [0.1, 0.15) is 63.3 Å². The second-order valence-electron chi connectivity index (χ2n) is 14.4. The molecule has 4 amide bonds. The predicted octanol–water partition coefficient (Wildman–Crippen LogP) is 4.95. The number of nitrogens with zero attached hydrogens (tertiary/aromatic N) is 4. The van der Waals surface area contributed by atoms with Crippen molar-refractivity contribution in [3.05, 3.63) is 72.6 Å². The Morgan fingerprint density at radius 1 is 0.635 bits per heavy atom. The zero-order valence-corrected chi connectivity index (χ0v) is 29.5. The molecule has 4 aromatic rings. The van der Waals surface area contributed by atoms with E-state index in [-0.39, 0.29) is 36.0 Å². The number of benzene rings is 2. The number of hydrogen-bond acceptors (Lipinski definition) is 8. The normalized spacial score (nSPS) is 25.1. The molecule has 0 spiro atoms. The minimum atomic E-state index is -0.694. The number of nitrogens with one attached hydrogen (secondary N) is 4. The van der Waals surface area contributed by atoms with Crippen LogP contribution < -0.4 is 10.6 Å². The number of piperidine rings is 2. The Balaban J connectivity index is 0.921. The molecule has 2 aromatic heterocycles. The molecule has 4 aliphatic rings. The van der Waals surface area contributed by atoms with Gasteiger partial charge in [0.1, 0.15) is 23.7 Å². The zero-order chi connectivity index (χ0) is 36.3. The Bertz CT molecular complexity index is 1860. The maximum atomic E-state index is 13.3. The summed E-state index contributed by atoms with van der Waals surface area (Å²) in [7, 11) is 2.56. The summed E-state index contributed by atoms with van der Waals surface area (Å²) in [6, 6.07) is 15.2. The fourth-order valence-corrected chi connectivity index (χ4v) is 8.07. The van der Waals surface area contributed by atoms with Crippen molar-refractivity contribution in [1.82, 2.24) is 40.4 Å². The number of aromatic amines is 2. The number of alkyl carbamates (subject to hydrolysis) is 2. The molecule has 0 bridgehead atoms. The minimum absolute atomic E-state index is 0.133. The lowest BCUT2D eigenvalue weighted by molar-refractivity contribution is -0.135. The van der Waals surface area contributed by atoms with E-state index >= 15 is 0 Å². The van der Waals surface area contributed by atoms with Gasteiger partial charge < -0.3 is 39.9 Å². The fraction of sp³-hybridized carbons (Fsp3) is 0.421. The Kier molecular flexibility index (Phi) is 8.47. The standard InChI is InChI=1S/C38H42N8O6/c1-19(41-37(49)51-3)35(47)45-29-13-25(29)15-31(45)33-39-17-27(43-33)23-9-5-21(6-10-23)22-7-11-24(12-8-22)28-18-40-34(44-28)32-16-26-14-30(26)46(32)36(48)20(2)42-38(50)52-4/h5-12,17-20,25-26,29-32H,13-16H2,1-4H3,(H,39,43)(H,40,44)(H,41,49)(H,42,50)/t19-,20-,25-,26-,29-,30-,31-,32-/m0/s1. The van der Waals surface area contributed by atoms with E-state index in [9.17, 15) is 19.2 Å². The van der Waals surface area contributed by atoms with Crippen LogP contribution in [0.25, 0.3) is 33.6 Å². The van der Waals surface area contributed by atoms with E-state index < -0.39 is 24.3 Å². The quantitative estimate of drug-likeness (QED) is 0.189. The first kappa shape index (κ1) is 33.5. The van der Waals surface area contributed by atoms with Crippen LogP contribution in [0.4, 0.5) is 9.59 Å². The van der Waals surface area contributed by atoms with E-state index in [2.05, 4.69) is 88.6 Å². The van der Waals surface area contributed by atoms with Gasteiger partial charge in [0.15, 0.2) is 0 Å². The second kappa shape index (κ2) is 13.1. The SMILES string of the molecule is COC(=O)N[C@@H](C)C(=O)N1[C@H](c2ncc(-c3ccc(-c4ccc(-c5cnc([C@@H]6C[C@@H]7C[C@@H]7N6C(=O)[C@H](C)NC(=O)OC)[nH]5)cc4)cc3)[nH]2)C[C@@H]2C[C@@H]21. The highest BCUT2D eigenvalue weighted by atomic mass is 16.5. The van der Waals surface area contributed by atoms with Gasteiger partial charge in [-0.15, -0.1) is 0 Å². The molecule has 2 aliphatic heterocycles. The molecule has 0 unspecified atom stereocenters. The molecule has 14 heteroatoms. The van der Waals surface area contributed by atoms with Crippen LogP contribution in [0.3, 0.4) is 0 Å². The van der Waals surface area contributed by atoms with Gasteiger partial charge in [-0.25, -0.2) is 19.6 Å². The summed E-state index contributed by atoms with van der Waals surface area (Å²) in [6.07, 6.45) is 6.01. The number of carbonyl (C=O) groups is 4. The fourth-order valence-electron chi connectivity index (χ4n) is 8.07. The van der Waals surface area contributed by atoms with Gasteiger partial charge in [0.05, 0.1) is 50.1 Å². The highest BCUT2D eigenvalue weighted by Crippen LogP contribution is 2.54. The first-order valence-corrected chi connectivity index (χ1v) is 17.8. The van der Waals surface area contributed by atoms with Gasteiger partial charge in [0.25, 0.3) is 0 Å². The lowest BCUT2D eigenvalue weighted by Crippen LogP contribution is -2.47. The van der Waals surface area contributed by atoms with Gasteiger partial charge in [0, 0.05) is 12.1 Å². The number of aromatic nitrogens is 4. The summed E-state index contributed by atoms with van der Waals surface area (Å²) in [5.74, 6) is 2.14. The molecule has 2 aromatic carbocycles. The van der Waals surface area contributed by atoms with E-state index in [1.807, 2.05) is 22.2 Å². The molecular formula is C38H42N8O6. The summed E-state index contributed by atoms with van der Waals surface area (Å²) in [5, 5.41) is 5.19. The summed E-state index contributed by atoms with van der Waals surface area (Å²) >= 11 is 0. The number of rotatable bonds is 9. The highest BCUT2D eigenvalue weighted by Gasteiger charge is 2.56. The van der Waals surface area contributed by atoms with Gasteiger partial charge in [-0.05, 0) is 73.6 Å². The highest BCUT2D eigenvalue weighted by molar-refractivity contribution is 5.87. The van der Waals surface area contributed by atoms with Crippen LogP contribution in [0.5, 0.6) is 0 Å². The Morgan fingerprint density at radius 3 is 1.37 bits per heavy atom. The monoisotopic (exact) mass is 706 g/mol. The topological polar surface area (TPSA) is 175 Å². The van der Waals surface area contributed by atoms with Crippen molar-refractivity contribution in [2.75, 3.05) is 14.2 Å². The van der Waals surface area contributed by atoms with Gasteiger partial charge in [0.2, 0.25) is 11.8 Å². The molecule has 2 aliphatic carbocycles. The van der Waals surface area contributed by atoms with Crippen LogP contribution >= 0.6 is 0 Å². The molecule has 270 valence electrons. The Hall–Kier alpha value is -5.66. The maximum Gasteiger partial charge on any atom is 0.407 e. The minimum Gasteiger partial charge on any atom is -0.453 e. The average molecular weight is 707 g/mol. The molecule has 14 nitrogen and oxygen atoms in total. The number of carbonyl (C=O) groups excluding carboxylic acids is 4. The summed E-state index contributed by atoms with van der Waals surface area (Å²) in [4.78, 5) is 70.1. The molecule has 0 radical (unpaired) electrons. The Morgan fingerprint density at radius 2 is 1.00 bits per heavy atom. The average Bonchev–Trinajstić information content (AvgIpc) is 3.76. The number of methoxy groups -OCH3 is 2. The number of hydrogen-bond donors (Lipinski definition) is 4. The summed E-state index contributed by atoms with van der Waals surface area (Å²) in [5.41, 5.74) is 5.84. The van der Waals surface area contributed by atoms with Crippen molar-refractivity contribution in [3.63, 3.8) is 0 Å². The number of fused-ring (bicyclic) bond motifs is 2. The lowest BCUT2D eigenvalue weighted by Gasteiger charge is -2.29. The van der Waals surface area contributed by atoms with Crippen LogP contribution in [0.2, 0.25) is 0 Å². The second-order valence-corrected chi connectivity index (χ2v) is 14.4. The van der Waals surface area contributed by atoms with Crippen molar-refractivity contribution in [1.29, 1.82) is 0 Å². The van der Waals surface area contributed by atoms with E-state index in [1.54, 1.807) is 13.8 Å². The third-order valence-electron chi connectivity index (χ3n) is 11.0. The van der Waals surface area contributed by atoms with E-state index in [4.69, 9.17) is 0 Å². The van der Waals surface area contributed by atoms with Gasteiger partial charge >= 0.3 is 12.2 Å². The third kappa shape index (κ3) is 6.15. The molecule has 8 rings (SSSR count). The van der Waals surface area contributed by atoms with Gasteiger partial charge in [-0.1, -0.05) is 48.5 Å². The number of likely N-dealkylation sites (tertiary alicyclic amines) is 2. The van der Waals surface area contributed by atoms with Crippen molar-refractivity contribution in [2.24, 2.45) is 11.8 Å². The summed E-state index contributed by atoms with van der Waals surface area (Å²) < 4.78 is 9.35. The molecule has 2 saturated carbocycles. The van der Waals surface area contributed by atoms with Crippen LogP contribution in [0.15, 0.2) is 60.9 Å². The number of ether oxygens (including phenoxy) is 2. The zero-order valence-electron chi connectivity index (χ0n) is 29.5. The first-order valence-electron chi connectivity index (χ1n) is 17.8. The maximum absolute atomic E-state index is 13.3. The van der Waals surface area contributed by atoms with Crippen molar-refractivity contribution in [3.8, 4) is 33.6 Å². The van der Waals surface area contributed by atoms with Crippen molar-refractivity contribution in [2.45, 2.75) is 75.8 Å². The number of H-pyrrole nitrogens is 2.